The van der Waals surface area contributed by atoms with Crippen LogP contribution in [0, 0.1) is 16.6 Å². The zero-order valence-electron chi connectivity index (χ0n) is 11.0. The van der Waals surface area contributed by atoms with Crippen LogP contribution in [0.4, 0.5) is 10.2 Å². The molecular weight excluding hydrogens is 314 g/mol. The van der Waals surface area contributed by atoms with Gasteiger partial charge in [0, 0.05) is 19.3 Å². The molecule has 4 nitrogen and oxygen atoms in total. The van der Waals surface area contributed by atoms with E-state index in [1.54, 1.807) is 0 Å². The van der Waals surface area contributed by atoms with E-state index in [1.807, 2.05) is 0 Å². The second-order valence-electron chi connectivity index (χ2n) is 6.54. The Labute approximate surface area is 130 Å². The highest BCUT2D eigenvalue weighted by atomic mass is 35.5. The quantitative estimate of drug-likeness (QED) is 0.595. The summed E-state index contributed by atoms with van der Waals surface area (Å²) >= 11 is 11.7. The summed E-state index contributed by atoms with van der Waals surface area (Å²) in [5.74, 6) is 0.0456. The summed E-state index contributed by atoms with van der Waals surface area (Å²) in [7, 11) is 0. The predicted octanol–water partition coefficient (Wildman–Crippen LogP) is 3.46. The fourth-order valence-electron chi connectivity index (χ4n) is 4.39. The van der Waals surface area contributed by atoms with Gasteiger partial charge in [-0.05, 0) is 41.7 Å². The fourth-order valence-corrected chi connectivity index (χ4v) is 4.69. The molecule has 3 heterocycles. The number of anilines is 1. The Bertz CT molecular complexity index is 795. The van der Waals surface area contributed by atoms with Gasteiger partial charge in [0.05, 0.1) is 5.39 Å². The zero-order valence-corrected chi connectivity index (χ0v) is 12.5. The smallest absolute Gasteiger partial charge is 0.225 e. The van der Waals surface area contributed by atoms with Gasteiger partial charge in [-0.25, -0.2) is 14.4 Å². The van der Waals surface area contributed by atoms with Crippen molar-refractivity contribution in [1.29, 1.82) is 0 Å². The molecule has 2 unspecified atom stereocenters. The van der Waals surface area contributed by atoms with E-state index in [0.717, 1.165) is 13.1 Å². The summed E-state index contributed by atoms with van der Waals surface area (Å²) in [4.78, 5) is 14.4. The molecule has 0 spiro atoms. The molecule has 3 aliphatic rings. The molecule has 2 aromatic heterocycles. The van der Waals surface area contributed by atoms with Crippen molar-refractivity contribution in [3.05, 3.63) is 22.5 Å². The average Bonchev–Trinajstić information content (AvgIpc) is 2.81. The van der Waals surface area contributed by atoms with E-state index in [0.29, 0.717) is 22.0 Å². The standard InChI is InChI=1S/C14H11Cl2FN4/c15-10-8(17)9-7(3-18-10)11(20-12(16)19-9)21-5-13-1-2-14(13,4-13)6-21/h3H,1-2,4-6H2. The topological polar surface area (TPSA) is 41.9 Å². The average molecular weight is 325 g/mol. The number of hydrogen-bond acceptors (Lipinski definition) is 4. The molecule has 108 valence electrons. The molecule has 2 saturated carbocycles. The second-order valence-corrected chi connectivity index (χ2v) is 7.23. The van der Waals surface area contributed by atoms with Crippen LogP contribution in [0.2, 0.25) is 10.4 Å². The maximum absolute atomic E-state index is 14.1. The van der Waals surface area contributed by atoms with Gasteiger partial charge in [0.25, 0.3) is 0 Å². The van der Waals surface area contributed by atoms with Crippen molar-refractivity contribution in [2.75, 3.05) is 18.0 Å². The molecular formula is C14H11Cl2FN4. The van der Waals surface area contributed by atoms with Gasteiger partial charge in [-0.3, -0.25) is 0 Å². The van der Waals surface area contributed by atoms with Crippen molar-refractivity contribution in [3.8, 4) is 0 Å². The van der Waals surface area contributed by atoms with E-state index in [4.69, 9.17) is 23.2 Å². The first-order valence-electron chi connectivity index (χ1n) is 6.96. The van der Waals surface area contributed by atoms with E-state index < -0.39 is 5.82 Å². The van der Waals surface area contributed by atoms with Crippen LogP contribution in [0.25, 0.3) is 10.9 Å². The summed E-state index contributed by atoms with van der Waals surface area (Å²) in [6, 6.07) is 0. The van der Waals surface area contributed by atoms with Crippen LogP contribution in [-0.4, -0.2) is 28.0 Å². The number of aromatic nitrogens is 3. The van der Waals surface area contributed by atoms with Gasteiger partial charge in [-0.1, -0.05) is 11.6 Å². The summed E-state index contributed by atoms with van der Waals surface area (Å²) in [5, 5.41) is 0.432. The molecule has 5 rings (SSSR count). The lowest BCUT2D eigenvalue weighted by Gasteiger charge is -2.26. The third-order valence-corrected chi connectivity index (χ3v) is 6.07. The Morgan fingerprint density at radius 3 is 2.52 bits per heavy atom. The lowest BCUT2D eigenvalue weighted by molar-refractivity contribution is 0.243. The number of piperidine rings is 1. The van der Waals surface area contributed by atoms with E-state index >= 15 is 0 Å². The maximum atomic E-state index is 14.1. The molecule has 1 saturated heterocycles. The third-order valence-electron chi connectivity index (χ3n) is 5.64. The second kappa shape index (κ2) is 3.58. The predicted molar refractivity (Wildman–Crippen MR) is 78.2 cm³/mol. The monoisotopic (exact) mass is 324 g/mol. The number of nitrogens with zero attached hydrogens (tertiary/aromatic N) is 4. The van der Waals surface area contributed by atoms with Crippen LogP contribution >= 0.6 is 23.2 Å². The van der Waals surface area contributed by atoms with Crippen LogP contribution in [0.15, 0.2) is 6.20 Å². The molecule has 21 heavy (non-hydrogen) atoms. The van der Waals surface area contributed by atoms with Gasteiger partial charge in [-0.15, -0.1) is 0 Å². The third kappa shape index (κ3) is 1.39. The molecule has 7 heteroatoms. The minimum atomic E-state index is -0.636. The molecule has 2 aromatic rings. The van der Waals surface area contributed by atoms with Crippen LogP contribution < -0.4 is 4.90 Å². The number of pyridine rings is 1. The number of halogens is 3. The minimum absolute atomic E-state index is 0.0431. The summed E-state index contributed by atoms with van der Waals surface area (Å²) < 4.78 is 14.1. The molecule has 0 bridgehead atoms. The molecule has 0 N–H and O–H groups in total. The Kier molecular flexibility index (Phi) is 2.11. The van der Waals surface area contributed by atoms with Crippen molar-refractivity contribution in [2.45, 2.75) is 19.3 Å². The van der Waals surface area contributed by atoms with Gasteiger partial charge in [0.15, 0.2) is 11.0 Å². The molecule has 2 atom stereocenters. The number of hydrogen-bond donors (Lipinski definition) is 0. The molecule has 3 fully saturated rings. The zero-order chi connectivity index (χ0) is 14.4. The summed E-state index contributed by atoms with van der Waals surface area (Å²) in [6.07, 6.45) is 5.44. The summed E-state index contributed by atoms with van der Waals surface area (Å²) in [6.45, 7) is 1.94. The lowest BCUT2D eigenvalue weighted by Crippen LogP contribution is -2.25. The van der Waals surface area contributed by atoms with Gasteiger partial charge < -0.3 is 4.90 Å². The highest BCUT2D eigenvalue weighted by molar-refractivity contribution is 6.30. The Morgan fingerprint density at radius 1 is 1.14 bits per heavy atom. The van der Waals surface area contributed by atoms with E-state index in [9.17, 15) is 4.39 Å². The largest absolute Gasteiger partial charge is 0.355 e. The van der Waals surface area contributed by atoms with Crippen molar-refractivity contribution in [1.82, 2.24) is 15.0 Å². The van der Waals surface area contributed by atoms with Crippen molar-refractivity contribution >= 4 is 39.9 Å². The van der Waals surface area contributed by atoms with Gasteiger partial charge in [0.1, 0.15) is 11.3 Å². The van der Waals surface area contributed by atoms with Crippen molar-refractivity contribution < 1.29 is 4.39 Å². The first-order valence-corrected chi connectivity index (χ1v) is 7.72. The van der Waals surface area contributed by atoms with E-state index in [2.05, 4.69) is 19.9 Å². The van der Waals surface area contributed by atoms with E-state index in [-0.39, 0.29) is 16.0 Å². The minimum Gasteiger partial charge on any atom is -0.355 e. The Morgan fingerprint density at radius 2 is 1.86 bits per heavy atom. The van der Waals surface area contributed by atoms with Crippen molar-refractivity contribution in [2.24, 2.45) is 10.8 Å². The fraction of sp³-hybridized carbons (Fsp3) is 0.500. The number of fused-ring (bicyclic) bond motifs is 1. The summed E-state index contributed by atoms with van der Waals surface area (Å²) in [5.41, 5.74) is 1.11. The van der Waals surface area contributed by atoms with Gasteiger partial charge in [0.2, 0.25) is 5.28 Å². The van der Waals surface area contributed by atoms with Crippen LogP contribution in [0.3, 0.4) is 0 Å². The molecule has 0 aromatic carbocycles. The molecule has 0 radical (unpaired) electrons. The Balaban J connectivity index is 1.68. The molecule has 1 aliphatic heterocycles. The highest BCUT2D eigenvalue weighted by Crippen LogP contribution is 2.81. The van der Waals surface area contributed by atoms with Crippen LogP contribution in [0.1, 0.15) is 19.3 Å². The maximum Gasteiger partial charge on any atom is 0.225 e. The first-order chi connectivity index (χ1) is 10.0. The van der Waals surface area contributed by atoms with Gasteiger partial charge >= 0.3 is 0 Å². The molecule has 0 amide bonds. The van der Waals surface area contributed by atoms with Gasteiger partial charge in [-0.2, -0.15) is 4.98 Å². The van der Waals surface area contributed by atoms with Crippen molar-refractivity contribution in [3.63, 3.8) is 0 Å². The Hall–Kier alpha value is -1.20. The normalized spacial score (nSPS) is 32.8. The van der Waals surface area contributed by atoms with E-state index in [1.165, 1.54) is 25.5 Å². The highest BCUT2D eigenvalue weighted by Gasteiger charge is 2.77. The van der Waals surface area contributed by atoms with Crippen LogP contribution in [0.5, 0.6) is 0 Å². The molecule has 2 aliphatic carbocycles. The lowest BCUT2D eigenvalue weighted by atomic mass is 9.77. The number of rotatable bonds is 1. The SMILES string of the molecule is Fc1c(Cl)ncc2c(N3CC45CCC4(C3)C5)nc(Cl)nc12. The first kappa shape index (κ1) is 12.4. The van der Waals surface area contributed by atoms with Crippen LogP contribution in [-0.2, 0) is 0 Å².